The third-order valence-electron chi connectivity index (χ3n) is 6.06. The number of Topliss-reactive ketones (excluding diaryl/α,β-unsaturated/α-hetero) is 1. The lowest BCUT2D eigenvalue weighted by atomic mass is 10.1. The molecule has 32 heavy (non-hydrogen) atoms. The van der Waals surface area contributed by atoms with Gasteiger partial charge < -0.3 is 9.42 Å². The normalized spacial score (nSPS) is 15.3. The number of nitrogens with zero attached hydrogens (tertiary/aromatic N) is 3. The molecular formula is C23H27N3O4S2. The number of carbonyl (C=O) groups excluding carboxylic acids is 1. The van der Waals surface area contributed by atoms with Crippen LogP contribution in [0.15, 0.2) is 33.7 Å². The molecule has 0 N–H and O–H groups in total. The fraction of sp³-hybridized carbons (Fsp3) is 0.391. The van der Waals surface area contributed by atoms with E-state index in [2.05, 4.69) is 10.1 Å². The number of rotatable bonds is 5. The Balaban J connectivity index is 1.60. The van der Waals surface area contributed by atoms with Gasteiger partial charge in [0.15, 0.2) is 11.5 Å². The van der Waals surface area contributed by atoms with Gasteiger partial charge in [-0.3, -0.25) is 4.79 Å². The second kappa shape index (κ2) is 8.46. The van der Waals surface area contributed by atoms with Crippen molar-refractivity contribution in [1.29, 1.82) is 0 Å². The van der Waals surface area contributed by atoms with Crippen LogP contribution in [0.25, 0.3) is 11.3 Å². The predicted molar refractivity (Wildman–Crippen MR) is 126 cm³/mol. The quantitative estimate of drug-likeness (QED) is 0.512. The molecule has 3 heterocycles. The molecule has 0 amide bonds. The second-order valence-corrected chi connectivity index (χ2v) is 11.4. The van der Waals surface area contributed by atoms with Crippen molar-refractivity contribution in [1.82, 2.24) is 9.46 Å². The van der Waals surface area contributed by atoms with Crippen LogP contribution in [0.4, 0.5) is 5.69 Å². The number of thiophene rings is 1. The van der Waals surface area contributed by atoms with Crippen LogP contribution in [0, 0.1) is 27.7 Å². The molecule has 9 heteroatoms. The van der Waals surface area contributed by atoms with Gasteiger partial charge in [0, 0.05) is 52.7 Å². The van der Waals surface area contributed by atoms with E-state index in [1.165, 1.54) is 11.3 Å². The summed E-state index contributed by atoms with van der Waals surface area (Å²) >= 11 is 1.47. The number of anilines is 1. The minimum atomic E-state index is -3.70. The van der Waals surface area contributed by atoms with Crippen LogP contribution in [0.2, 0.25) is 0 Å². The Morgan fingerprint density at radius 1 is 1.00 bits per heavy atom. The molecule has 3 aromatic rings. The molecule has 0 spiro atoms. The van der Waals surface area contributed by atoms with E-state index in [0.29, 0.717) is 48.0 Å². The van der Waals surface area contributed by atoms with Gasteiger partial charge in [0.1, 0.15) is 4.90 Å². The van der Waals surface area contributed by atoms with Gasteiger partial charge in [0.25, 0.3) is 0 Å². The fourth-order valence-corrected chi connectivity index (χ4v) is 7.33. The van der Waals surface area contributed by atoms with E-state index in [0.717, 1.165) is 26.7 Å². The Bertz CT molecular complexity index is 1270. The molecule has 4 rings (SSSR count). The Morgan fingerprint density at radius 3 is 2.16 bits per heavy atom. The number of ketones is 1. The molecule has 0 aliphatic carbocycles. The molecule has 2 aromatic heterocycles. The van der Waals surface area contributed by atoms with Crippen LogP contribution >= 0.6 is 11.3 Å². The average Bonchev–Trinajstić information content (AvgIpc) is 3.25. The average molecular weight is 474 g/mol. The van der Waals surface area contributed by atoms with Gasteiger partial charge in [0.2, 0.25) is 10.0 Å². The highest BCUT2D eigenvalue weighted by Crippen LogP contribution is 2.42. The number of benzene rings is 1. The van der Waals surface area contributed by atoms with E-state index in [4.69, 9.17) is 4.52 Å². The van der Waals surface area contributed by atoms with Gasteiger partial charge in [-0.1, -0.05) is 5.16 Å². The lowest BCUT2D eigenvalue weighted by Crippen LogP contribution is -2.48. The van der Waals surface area contributed by atoms with E-state index >= 15 is 0 Å². The Labute approximate surface area is 192 Å². The molecule has 1 fully saturated rings. The van der Waals surface area contributed by atoms with Crippen LogP contribution in [0.3, 0.4) is 0 Å². The summed E-state index contributed by atoms with van der Waals surface area (Å²) in [6.45, 7) is 11.0. The standard InChI is InChI=1S/C23H27N3O4S2/c1-14-15(2)24-30-22(14)21-17(4)31-18(5)23(21)32(28,29)26-12-10-25(11-13-26)20-8-6-19(7-9-20)16(3)27/h6-9H,10-13H2,1-5H3. The maximum absolute atomic E-state index is 13.7. The van der Waals surface area contributed by atoms with Gasteiger partial charge in [0.05, 0.1) is 11.3 Å². The van der Waals surface area contributed by atoms with Crippen molar-refractivity contribution in [3.63, 3.8) is 0 Å². The highest BCUT2D eigenvalue weighted by molar-refractivity contribution is 7.89. The van der Waals surface area contributed by atoms with Crippen LogP contribution in [0.5, 0.6) is 0 Å². The van der Waals surface area contributed by atoms with Crippen molar-refractivity contribution in [3.05, 3.63) is 50.8 Å². The minimum absolute atomic E-state index is 0.0295. The molecule has 0 saturated carbocycles. The van der Waals surface area contributed by atoms with Crippen molar-refractivity contribution in [3.8, 4) is 11.3 Å². The number of aryl methyl sites for hydroxylation is 3. The molecule has 1 aliphatic rings. The van der Waals surface area contributed by atoms with Crippen LogP contribution in [0.1, 0.15) is 38.3 Å². The maximum Gasteiger partial charge on any atom is 0.245 e. The zero-order valence-corrected chi connectivity index (χ0v) is 20.6. The predicted octanol–water partition coefficient (Wildman–Crippen LogP) is 4.35. The molecule has 0 atom stereocenters. The van der Waals surface area contributed by atoms with Crippen LogP contribution < -0.4 is 4.90 Å². The van der Waals surface area contributed by atoms with E-state index in [9.17, 15) is 13.2 Å². The lowest BCUT2D eigenvalue weighted by Gasteiger charge is -2.35. The fourth-order valence-electron chi connectivity index (χ4n) is 4.11. The Hall–Kier alpha value is -2.49. The maximum atomic E-state index is 13.7. The molecular weight excluding hydrogens is 446 g/mol. The first kappa shape index (κ1) is 22.7. The summed E-state index contributed by atoms with van der Waals surface area (Å²) in [4.78, 5) is 15.6. The van der Waals surface area contributed by atoms with E-state index in [-0.39, 0.29) is 5.78 Å². The summed E-state index contributed by atoms with van der Waals surface area (Å²) in [5.74, 6) is 0.564. The molecule has 0 unspecified atom stereocenters. The number of carbonyl (C=O) groups is 1. The number of aromatic nitrogens is 1. The topological polar surface area (TPSA) is 83.7 Å². The van der Waals surface area contributed by atoms with Gasteiger partial charge in [-0.15, -0.1) is 11.3 Å². The van der Waals surface area contributed by atoms with E-state index in [1.807, 2.05) is 52.0 Å². The van der Waals surface area contributed by atoms with Crippen molar-refractivity contribution in [2.45, 2.75) is 39.5 Å². The number of hydrogen-bond donors (Lipinski definition) is 0. The number of sulfonamides is 1. The third kappa shape index (κ3) is 3.89. The second-order valence-electron chi connectivity index (χ2n) is 8.13. The molecule has 1 aromatic carbocycles. The molecule has 0 radical (unpaired) electrons. The van der Waals surface area contributed by atoms with Gasteiger partial charge in [-0.2, -0.15) is 4.31 Å². The zero-order valence-electron chi connectivity index (χ0n) is 18.9. The first-order valence-corrected chi connectivity index (χ1v) is 12.8. The molecule has 7 nitrogen and oxygen atoms in total. The SMILES string of the molecule is CC(=O)c1ccc(N2CCN(S(=O)(=O)c3c(C)sc(C)c3-c3onc(C)c3C)CC2)cc1. The Morgan fingerprint density at radius 2 is 1.62 bits per heavy atom. The van der Waals surface area contributed by atoms with Crippen LogP contribution in [-0.4, -0.2) is 49.8 Å². The first-order valence-electron chi connectivity index (χ1n) is 10.5. The smallest absolute Gasteiger partial charge is 0.245 e. The highest BCUT2D eigenvalue weighted by atomic mass is 32.2. The summed E-state index contributed by atoms with van der Waals surface area (Å²) in [5.41, 5.74) is 3.91. The summed E-state index contributed by atoms with van der Waals surface area (Å²) in [5, 5.41) is 4.03. The van der Waals surface area contributed by atoms with Crippen molar-refractivity contribution < 1.29 is 17.7 Å². The molecule has 1 aliphatic heterocycles. The lowest BCUT2D eigenvalue weighted by molar-refractivity contribution is 0.101. The van der Waals surface area contributed by atoms with E-state index in [1.54, 1.807) is 11.2 Å². The largest absolute Gasteiger partial charge is 0.369 e. The van der Waals surface area contributed by atoms with Crippen molar-refractivity contribution >= 4 is 32.8 Å². The minimum Gasteiger partial charge on any atom is -0.369 e. The summed E-state index contributed by atoms with van der Waals surface area (Å²) in [7, 11) is -3.70. The van der Waals surface area contributed by atoms with Gasteiger partial charge >= 0.3 is 0 Å². The van der Waals surface area contributed by atoms with Gasteiger partial charge in [-0.25, -0.2) is 8.42 Å². The van der Waals surface area contributed by atoms with Crippen molar-refractivity contribution in [2.24, 2.45) is 0 Å². The number of hydrogen-bond acceptors (Lipinski definition) is 7. The van der Waals surface area contributed by atoms with Crippen molar-refractivity contribution in [2.75, 3.05) is 31.1 Å². The highest BCUT2D eigenvalue weighted by Gasteiger charge is 2.35. The monoisotopic (exact) mass is 473 g/mol. The zero-order chi connectivity index (χ0) is 23.2. The molecule has 0 bridgehead atoms. The van der Waals surface area contributed by atoms with Gasteiger partial charge in [-0.05, 0) is 58.9 Å². The third-order valence-corrected chi connectivity index (χ3v) is 9.29. The molecule has 170 valence electrons. The summed E-state index contributed by atoms with van der Waals surface area (Å²) < 4.78 is 34.5. The summed E-state index contributed by atoms with van der Waals surface area (Å²) in [6.07, 6.45) is 0. The number of piperazine rings is 1. The van der Waals surface area contributed by atoms with E-state index < -0.39 is 10.0 Å². The molecule has 1 saturated heterocycles. The summed E-state index contributed by atoms with van der Waals surface area (Å²) in [6, 6.07) is 7.46. The Kier molecular flexibility index (Phi) is 6.00. The van der Waals surface area contributed by atoms with Crippen LogP contribution in [-0.2, 0) is 10.0 Å². The first-order chi connectivity index (χ1) is 15.1.